The van der Waals surface area contributed by atoms with Crippen molar-refractivity contribution in [3.8, 4) is 0 Å². The maximum absolute atomic E-state index is 12.1. The molecule has 1 N–H and O–H groups in total. The molecule has 1 rings (SSSR count). The van der Waals surface area contributed by atoms with E-state index in [1.165, 1.54) is 0 Å². The molecule has 3 heteroatoms. The van der Waals surface area contributed by atoms with E-state index in [-0.39, 0.29) is 12.5 Å². The first-order valence-corrected chi connectivity index (χ1v) is 6.70. The zero-order chi connectivity index (χ0) is 13.2. The molecule has 0 saturated heterocycles. The maximum Gasteiger partial charge on any atom is 0.222 e. The monoisotopic (exact) mass is 249 g/mol. The lowest BCUT2D eigenvalue weighted by Gasteiger charge is -2.22. The van der Waals surface area contributed by atoms with Crippen LogP contribution in [0.15, 0.2) is 30.3 Å². The van der Waals surface area contributed by atoms with E-state index in [9.17, 15) is 4.79 Å². The van der Waals surface area contributed by atoms with E-state index in [4.69, 9.17) is 5.11 Å². The van der Waals surface area contributed by atoms with E-state index in [0.29, 0.717) is 25.9 Å². The molecule has 1 amide bonds. The number of aliphatic hydroxyl groups excluding tert-OH is 1. The molecule has 0 unspecified atom stereocenters. The summed E-state index contributed by atoms with van der Waals surface area (Å²) in [5.41, 5.74) is 1.14. The number of amides is 1. The van der Waals surface area contributed by atoms with Crippen LogP contribution in [0.2, 0.25) is 0 Å². The average molecular weight is 249 g/mol. The van der Waals surface area contributed by atoms with Gasteiger partial charge < -0.3 is 10.0 Å². The summed E-state index contributed by atoms with van der Waals surface area (Å²) in [6.07, 6.45) is 3.22. The molecule has 0 bridgehead atoms. The van der Waals surface area contributed by atoms with Gasteiger partial charge in [-0.3, -0.25) is 4.79 Å². The summed E-state index contributed by atoms with van der Waals surface area (Å²) in [7, 11) is 0. The molecule has 0 aliphatic carbocycles. The number of unbranched alkanes of at least 4 members (excludes halogenated alkanes) is 1. The summed E-state index contributed by atoms with van der Waals surface area (Å²) >= 11 is 0. The number of hydrogen-bond acceptors (Lipinski definition) is 2. The van der Waals surface area contributed by atoms with Crippen molar-refractivity contribution in [1.29, 1.82) is 0 Å². The third-order valence-corrected chi connectivity index (χ3v) is 2.90. The molecular formula is C15H23NO2. The molecule has 1 aromatic carbocycles. The Morgan fingerprint density at radius 1 is 1.22 bits per heavy atom. The summed E-state index contributed by atoms with van der Waals surface area (Å²) in [5, 5.41) is 8.90. The van der Waals surface area contributed by atoms with Crippen molar-refractivity contribution in [3.63, 3.8) is 0 Å². The second-order valence-corrected chi connectivity index (χ2v) is 4.48. The Morgan fingerprint density at radius 2 is 1.94 bits per heavy atom. The van der Waals surface area contributed by atoms with Crippen LogP contribution < -0.4 is 0 Å². The fraction of sp³-hybridized carbons (Fsp3) is 0.533. The van der Waals surface area contributed by atoms with Gasteiger partial charge in [-0.2, -0.15) is 0 Å². The Morgan fingerprint density at radius 3 is 2.56 bits per heavy atom. The van der Waals surface area contributed by atoms with Crippen LogP contribution in [0.5, 0.6) is 0 Å². The van der Waals surface area contributed by atoms with Crippen LogP contribution >= 0.6 is 0 Å². The highest BCUT2D eigenvalue weighted by molar-refractivity contribution is 5.76. The standard InChI is InChI=1S/C15H23NO2/c1-2-3-10-15(18)16(11-7-12-17)13-14-8-5-4-6-9-14/h4-6,8-9,17H,2-3,7,10-13H2,1H3. The Kier molecular flexibility index (Phi) is 7.11. The Bertz CT molecular complexity index is 338. The van der Waals surface area contributed by atoms with Crippen LogP contribution in [-0.2, 0) is 11.3 Å². The smallest absolute Gasteiger partial charge is 0.222 e. The van der Waals surface area contributed by atoms with Crippen molar-refractivity contribution in [2.45, 2.75) is 39.2 Å². The van der Waals surface area contributed by atoms with Gasteiger partial charge in [0.05, 0.1) is 0 Å². The number of rotatable bonds is 8. The van der Waals surface area contributed by atoms with Gasteiger partial charge in [0, 0.05) is 26.1 Å². The Balaban J connectivity index is 2.57. The topological polar surface area (TPSA) is 40.5 Å². The zero-order valence-corrected chi connectivity index (χ0v) is 11.1. The minimum absolute atomic E-state index is 0.131. The first-order chi connectivity index (χ1) is 8.77. The largest absolute Gasteiger partial charge is 0.396 e. The molecule has 1 aromatic rings. The molecule has 3 nitrogen and oxygen atoms in total. The highest BCUT2D eigenvalue weighted by atomic mass is 16.3. The van der Waals surface area contributed by atoms with E-state index in [1.54, 1.807) is 0 Å². The van der Waals surface area contributed by atoms with Crippen molar-refractivity contribution in [3.05, 3.63) is 35.9 Å². The lowest BCUT2D eigenvalue weighted by molar-refractivity contribution is -0.132. The number of carbonyl (C=O) groups is 1. The van der Waals surface area contributed by atoms with E-state index >= 15 is 0 Å². The molecular weight excluding hydrogens is 226 g/mol. The van der Waals surface area contributed by atoms with Crippen LogP contribution in [-0.4, -0.2) is 29.1 Å². The number of hydrogen-bond donors (Lipinski definition) is 1. The number of carbonyl (C=O) groups excluding carboxylic acids is 1. The number of nitrogens with zero attached hydrogens (tertiary/aromatic N) is 1. The summed E-state index contributed by atoms with van der Waals surface area (Å²) < 4.78 is 0. The summed E-state index contributed by atoms with van der Waals surface area (Å²) in [6.45, 7) is 3.49. The van der Waals surface area contributed by atoms with Gasteiger partial charge in [0.25, 0.3) is 0 Å². The minimum atomic E-state index is 0.131. The Labute approximate surface area is 109 Å². The van der Waals surface area contributed by atoms with Gasteiger partial charge in [-0.1, -0.05) is 43.7 Å². The molecule has 0 fully saturated rings. The molecule has 0 aromatic heterocycles. The highest BCUT2D eigenvalue weighted by Gasteiger charge is 2.12. The van der Waals surface area contributed by atoms with Crippen LogP contribution in [0.25, 0.3) is 0 Å². The molecule has 0 aliphatic heterocycles. The normalized spacial score (nSPS) is 10.3. The molecule has 0 radical (unpaired) electrons. The molecule has 100 valence electrons. The third-order valence-electron chi connectivity index (χ3n) is 2.90. The lowest BCUT2D eigenvalue weighted by Crippen LogP contribution is -2.31. The highest BCUT2D eigenvalue weighted by Crippen LogP contribution is 2.08. The predicted molar refractivity (Wildman–Crippen MR) is 73.1 cm³/mol. The van der Waals surface area contributed by atoms with E-state index in [2.05, 4.69) is 6.92 Å². The summed E-state index contributed by atoms with van der Waals surface area (Å²) in [4.78, 5) is 13.9. The van der Waals surface area contributed by atoms with Gasteiger partial charge in [-0.05, 0) is 18.4 Å². The van der Waals surface area contributed by atoms with Crippen molar-refractivity contribution >= 4 is 5.91 Å². The zero-order valence-electron chi connectivity index (χ0n) is 11.1. The Hall–Kier alpha value is -1.35. The van der Waals surface area contributed by atoms with Gasteiger partial charge in [0.2, 0.25) is 5.91 Å². The molecule has 0 atom stereocenters. The third kappa shape index (κ3) is 5.32. The van der Waals surface area contributed by atoms with E-state index < -0.39 is 0 Å². The first-order valence-electron chi connectivity index (χ1n) is 6.70. The summed E-state index contributed by atoms with van der Waals surface area (Å²) in [6, 6.07) is 9.99. The second-order valence-electron chi connectivity index (χ2n) is 4.48. The first kappa shape index (κ1) is 14.7. The van der Waals surface area contributed by atoms with Crippen LogP contribution in [0.3, 0.4) is 0 Å². The van der Waals surface area contributed by atoms with Crippen molar-refractivity contribution in [2.24, 2.45) is 0 Å². The quantitative estimate of drug-likeness (QED) is 0.769. The summed E-state index contributed by atoms with van der Waals surface area (Å²) in [5.74, 6) is 0.189. The van der Waals surface area contributed by atoms with Crippen LogP contribution in [0.4, 0.5) is 0 Å². The van der Waals surface area contributed by atoms with Gasteiger partial charge in [0.15, 0.2) is 0 Å². The van der Waals surface area contributed by atoms with Crippen molar-refractivity contribution < 1.29 is 9.90 Å². The average Bonchev–Trinajstić information content (AvgIpc) is 2.42. The molecule has 0 aliphatic rings. The maximum atomic E-state index is 12.1. The molecule has 18 heavy (non-hydrogen) atoms. The predicted octanol–water partition coefficient (Wildman–Crippen LogP) is 2.59. The van der Waals surface area contributed by atoms with Gasteiger partial charge >= 0.3 is 0 Å². The van der Waals surface area contributed by atoms with Gasteiger partial charge in [-0.15, -0.1) is 0 Å². The van der Waals surface area contributed by atoms with Crippen LogP contribution in [0, 0.1) is 0 Å². The molecule has 0 heterocycles. The van der Waals surface area contributed by atoms with E-state index in [1.807, 2.05) is 35.2 Å². The van der Waals surface area contributed by atoms with Crippen LogP contribution in [0.1, 0.15) is 38.2 Å². The van der Waals surface area contributed by atoms with Crippen molar-refractivity contribution in [2.75, 3.05) is 13.2 Å². The van der Waals surface area contributed by atoms with Gasteiger partial charge in [-0.25, -0.2) is 0 Å². The lowest BCUT2D eigenvalue weighted by atomic mass is 10.2. The van der Waals surface area contributed by atoms with Crippen molar-refractivity contribution in [1.82, 2.24) is 4.90 Å². The minimum Gasteiger partial charge on any atom is -0.396 e. The fourth-order valence-corrected chi connectivity index (χ4v) is 1.84. The molecule has 0 spiro atoms. The molecule has 0 saturated carbocycles. The SMILES string of the molecule is CCCCC(=O)N(CCCO)Cc1ccccc1. The number of benzene rings is 1. The van der Waals surface area contributed by atoms with E-state index in [0.717, 1.165) is 18.4 Å². The fourth-order valence-electron chi connectivity index (χ4n) is 1.84. The second kappa shape index (κ2) is 8.70. The number of aliphatic hydroxyl groups is 1. The van der Waals surface area contributed by atoms with Gasteiger partial charge in [0.1, 0.15) is 0 Å².